The highest BCUT2D eigenvalue weighted by atomic mass is 35.5. The number of ether oxygens (including phenoxy) is 1. The van der Waals surface area contributed by atoms with Crippen LogP contribution >= 0.6 is 11.6 Å². The highest BCUT2D eigenvalue weighted by Crippen LogP contribution is 2.36. The Bertz CT molecular complexity index is 439. The summed E-state index contributed by atoms with van der Waals surface area (Å²) < 4.78 is 19.0. The summed E-state index contributed by atoms with van der Waals surface area (Å²) in [5.74, 6) is 0.280. The average Bonchev–Trinajstić information content (AvgIpc) is 2.58. The van der Waals surface area contributed by atoms with Gasteiger partial charge < -0.3 is 9.64 Å². The molecule has 2 fully saturated rings. The molecule has 0 spiro atoms. The molecule has 2 saturated heterocycles. The first kappa shape index (κ1) is 12.2. The third-order valence-corrected chi connectivity index (χ3v) is 4.54. The highest BCUT2D eigenvalue weighted by molar-refractivity contribution is 6.30. The molecule has 0 N–H and O–H groups in total. The Morgan fingerprint density at radius 2 is 1.94 bits per heavy atom. The van der Waals surface area contributed by atoms with Gasteiger partial charge in [0.05, 0.1) is 5.02 Å². The summed E-state index contributed by atoms with van der Waals surface area (Å²) in [7, 11) is 2.20. The van der Waals surface area contributed by atoms with E-state index >= 15 is 0 Å². The Labute approximate surface area is 112 Å². The molecular formula is C14H17ClFNO. The van der Waals surface area contributed by atoms with Crippen LogP contribution in [0.15, 0.2) is 18.2 Å². The summed E-state index contributed by atoms with van der Waals surface area (Å²) in [5.41, 5.74) is 0. The van der Waals surface area contributed by atoms with Crippen LogP contribution in [0, 0.1) is 5.82 Å². The van der Waals surface area contributed by atoms with Gasteiger partial charge in [-0.05, 0) is 44.9 Å². The Balaban J connectivity index is 1.68. The van der Waals surface area contributed by atoms with Crippen LogP contribution in [0.4, 0.5) is 4.39 Å². The SMILES string of the molecule is CN1C2CCC1CC(Oc1ccc(F)c(Cl)c1)C2. The van der Waals surface area contributed by atoms with E-state index in [1.165, 1.54) is 18.9 Å². The molecule has 98 valence electrons. The molecule has 18 heavy (non-hydrogen) atoms. The van der Waals surface area contributed by atoms with Gasteiger partial charge in [0.15, 0.2) is 0 Å². The van der Waals surface area contributed by atoms with E-state index < -0.39 is 5.82 Å². The molecule has 0 aromatic heterocycles. The fourth-order valence-electron chi connectivity index (χ4n) is 3.20. The molecule has 0 amide bonds. The quantitative estimate of drug-likeness (QED) is 0.815. The molecule has 1 aromatic rings. The molecule has 2 aliphatic heterocycles. The van der Waals surface area contributed by atoms with Gasteiger partial charge in [-0.15, -0.1) is 0 Å². The van der Waals surface area contributed by atoms with Crippen LogP contribution < -0.4 is 4.74 Å². The molecule has 4 heteroatoms. The lowest BCUT2D eigenvalue weighted by Crippen LogP contribution is -2.43. The smallest absolute Gasteiger partial charge is 0.142 e. The lowest BCUT2D eigenvalue weighted by atomic mass is 10.0. The van der Waals surface area contributed by atoms with Gasteiger partial charge >= 0.3 is 0 Å². The minimum absolute atomic E-state index is 0.128. The largest absolute Gasteiger partial charge is 0.490 e. The average molecular weight is 270 g/mol. The third kappa shape index (κ3) is 2.21. The number of piperidine rings is 1. The van der Waals surface area contributed by atoms with Gasteiger partial charge in [0.2, 0.25) is 0 Å². The van der Waals surface area contributed by atoms with E-state index in [1.54, 1.807) is 12.1 Å². The molecule has 2 heterocycles. The van der Waals surface area contributed by atoms with E-state index in [1.807, 2.05) is 0 Å². The van der Waals surface area contributed by atoms with Crippen molar-refractivity contribution in [1.29, 1.82) is 0 Å². The number of hydrogen-bond donors (Lipinski definition) is 0. The summed E-state index contributed by atoms with van der Waals surface area (Å²) in [4.78, 5) is 2.47. The summed E-state index contributed by atoms with van der Waals surface area (Å²) in [6.45, 7) is 0. The van der Waals surface area contributed by atoms with Crippen LogP contribution in [0.3, 0.4) is 0 Å². The van der Waals surface area contributed by atoms with Crippen LogP contribution in [0.25, 0.3) is 0 Å². The lowest BCUT2D eigenvalue weighted by Gasteiger charge is -2.36. The van der Waals surface area contributed by atoms with E-state index in [-0.39, 0.29) is 11.1 Å². The van der Waals surface area contributed by atoms with Gasteiger partial charge in [0.25, 0.3) is 0 Å². The van der Waals surface area contributed by atoms with Crippen LogP contribution in [-0.4, -0.2) is 30.1 Å². The molecule has 2 atom stereocenters. The maximum Gasteiger partial charge on any atom is 0.142 e. The number of halogens is 2. The van der Waals surface area contributed by atoms with Crippen molar-refractivity contribution in [2.24, 2.45) is 0 Å². The maximum absolute atomic E-state index is 13.1. The summed E-state index contributed by atoms with van der Waals surface area (Å²) in [5, 5.41) is 0.128. The number of benzene rings is 1. The molecule has 1 aromatic carbocycles. The summed E-state index contributed by atoms with van der Waals surface area (Å²) >= 11 is 5.76. The predicted octanol–water partition coefficient (Wildman–Crippen LogP) is 3.48. The Hall–Kier alpha value is -0.800. The van der Waals surface area contributed by atoms with E-state index in [2.05, 4.69) is 11.9 Å². The Morgan fingerprint density at radius 3 is 2.56 bits per heavy atom. The molecule has 3 rings (SSSR count). The van der Waals surface area contributed by atoms with Crippen LogP contribution in [0.1, 0.15) is 25.7 Å². The molecule has 2 bridgehead atoms. The molecule has 2 nitrogen and oxygen atoms in total. The Morgan fingerprint density at radius 1 is 1.28 bits per heavy atom. The third-order valence-electron chi connectivity index (χ3n) is 4.25. The van der Waals surface area contributed by atoms with E-state index in [4.69, 9.17) is 16.3 Å². The predicted molar refractivity (Wildman–Crippen MR) is 69.6 cm³/mol. The minimum atomic E-state index is -0.396. The van der Waals surface area contributed by atoms with Gasteiger partial charge in [-0.1, -0.05) is 11.6 Å². The van der Waals surface area contributed by atoms with E-state index in [0.29, 0.717) is 17.8 Å². The van der Waals surface area contributed by atoms with Gasteiger partial charge in [0.1, 0.15) is 17.7 Å². The zero-order valence-corrected chi connectivity index (χ0v) is 11.2. The first-order chi connectivity index (χ1) is 8.63. The monoisotopic (exact) mass is 269 g/mol. The van der Waals surface area contributed by atoms with Crippen molar-refractivity contribution in [2.45, 2.75) is 43.9 Å². The van der Waals surface area contributed by atoms with Crippen molar-refractivity contribution in [3.8, 4) is 5.75 Å². The van der Waals surface area contributed by atoms with Gasteiger partial charge in [-0.25, -0.2) is 4.39 Å². The number of fused-ring (bicyclic) bond motifs is 2. The van der Waals surface area contributed by atoms with Crippen molar-refractivity contribution in [1.82, 2.24) is 4.90 Å². The second kappa shape index (κ2) is 4.71. The molecule has 0 radical (unpaired) electrons. The highest BCUT2D eigenvalue weighted by Gasteiger charge is 2.39. The van der Waals surface area contributed by atoms with Crippen molar-refractivity contribution >= 4 is 11.6 Å². The molecule has 0 aliphatic carbocycles. The second-order valence-electron chi connectivity index (χ2n) is 5.34. The van der Waals surface area contributed by atoms with Gasteiger partial charge in [-0.3, -0.25) is 0 Å². The molecule has 2 aliphatic rings. The van der Waals surface area contributed by atoms with Crippen molar-refractivity contribution in [2.75, 3.05) is 7.05 Å². The first-order valence-corrected chi connectivity index (χ1v) is 6.85. The molecule has 0 saturated carbocycles. The van der Waals surface area contributed by atoms with Crippen LogP contribution in [0.5, 0.6) is 5.75 Å². The van der Waals surface area contributed by atoms with E-state index in [9.17, 15) is 4.39 Å². The normalized spacial score (nSPS) is 31.6. The topological polar surface area (TPSA) is 12.5 Å². The second-order valence-corrected chi connectivity index (χ2v) is 5.74. The number of nitrogens with zero attached hydrogens (tertiary/aromatic N) is 1. The van der Waals surface area contributed by atoms with Crippen LogP contribution in [0.2, 0.25) is 5.02 Å². The van der Waals surface area contributed by atoms with Crippen molar-refractivity contribution in [3.05, 3.63) is 29.0 Å². The molecule has 2 unspecified atom stereocenters. The zero-order valence-electron chi connectivity index (χ0n) is 10.4. The fourth-order valence-corrected chi connectivity index (χ4v) is 3.37. The molecular weight excluding hydrogens is 253 g/mol. The number of hydrogen-bond acceptors (Lipinski definition) is 2. The summed E-state index contributed by atoms with van der Waals surface area (Å²) in [6, 6.07) is 5.87. The first-order valence-electron chi connectivity index (χ1n) is 6.47. The fraction of sp³-hybridized carbons (Fsp3) is 0.571. The minimum Gasteiger partial charge on any atom is -0.490 e. The van der Waals surface area contributed by atoms with Crippen molar-refractivity contribution in [3.63, 3.8) is 0 Å². The van der Waals surface area contributed by atoms with Gasteiger partial charge in [0, 0.05) is 18.2 Å². The lowest BCUT2D eigenvalue weighted by molar-refractivity contribution is 0.0661. The van der Waals surface area contributed by atoms with Gasteiger partial charge in [-0.2, -0.15) is 0 Å². The standard InChI is InChI=1S/C14H17ClFNO/c1-17-9-2-3-10(17)7-12(6-9)18-11-4-5-14(16)13(15)8-11/h4-5,8-10,12H,2-3,6-7H2,1H3. The Kier molecular flexibility index (Phi) is 3.20. The van der Waals surface area contributed by atoms with Crippen LogP contribution in [-0.2, 0) is 0 Å². The number of rotatable bonds is 2. The zero-order chi connectivity index (χ0) is 12.7. The summed E-state index contributed by atoms with van der Waals surface area (Å²) in [6.07, 6.45) is 4.89. The maximum atomic E-state index is 13.1. The van der Waals surface area contributed by atoms with E-state index in [0.717, 1.165) is 12.8 Å². The van der Waals surface area contributed by atoms with Crippen molar-refractivity contribution < 1.29 is 9.13 Å².